The summed E-state index contributed by atoms with van der Waals surface area (Å²) in [6.07, 6.45) is 2.24. The molecular weight excluding hydrogens is 156 g/mol. The molecule has 0 unspecified atom stereocenters. The fraction of sp³-hybridized carbons (Fsp3) is 1.00. The number of aliphatic hydroxyl groups is 1. The van der Waals surface area contributed by atoms with Gasteiger partial charge in [0.05, 0.1) is 12.2 Å². The van der Waals surface area contributed by atoms with E-state index in [-0.39, 0.29) is 12.2 Å². The monoisotopic (exact) mass is 172 g/mol. The molecule has 2 aliphatic rings. The molecule has 0 aromatic rings. The summed E-state index contributed by atoms with van der Waals surface area (Å²) in [5, 5.41) is 9.72. The molecule has 12 heavy (non-hydrogen) atoms. The smallest absolute Gasteiger partial charge is 0.166 e. The summed E-state index contributed by atoms with van der Waals surface area (Å²) in [5.74, 6) is -0.412. The molecule has 2 aliphatic heterocycles. The number of ether oxygens (including phenoxy) is 2. The normalized spacial score (nSPS) is 52.8. The topological polar surface area (TPSA) is 38.7 Å². The minimum absolute atomic E-state index is 0.00806. The van der Waals surface area contributed by atoms with Crippen LogP contribution in [0.3, 0.4) is 0 Å². The van der Waals surface area contributed by atoms with E-state index >= 15 is 0 Å². The molecule has 3 heteroatoms. The first-order chi connectivity index (χ1) is 5.64. The van der Waals surface area contributed by atoms with Gasteiger partial charge >= 0.3 is 0 Å². The molecule has 2 fully saturated rings. The van der Waals surface area contributed by atoms with Gasteiger partial charge in [0.1, 0.15) is 6.10 Å². The van der Waals surface area contributed by atoms with Gasteiger partial charge in [0.15, 0.2) is 5.79 Å². The first-order valence-corrected chi connectivity index (χ1v) is 4.68. The number of hydrogen-bond acceptors (Lipinski definition) is 3. The summed E-state index contributed by atoms with van der Waals surface area (Å²) in [4.78, 5) is 0. The van der Waals surface area contributed by atoms with Crippen LogP contribution >= 0.6 is 0 Å². The average molecular weight is 172 g/mol. The minimum Gasteiger partial charge on any atom is -0.388 e. The highest BCUT2D eigenvalue weighted by molar-refractivity contribution is 4.91. The second-order valence-electron chi connectivity index (χ2n) is 3.88. The van der Waals surface area contributed by atoms with E-state index in [2.05, 4.69) is 0 Å². The Bertz CT molecular complexity index is 183. The van der Waals surface area contributed by atoms with Crippen molar-refractivity contribution in [2.24, 2.45) is 0 Å². The number of hydrogen-bond donors (Lipinski definition) is 1. The van der Waals surface area contributed by atoms with Crippen molar-refractivity contribution in [1.29, 1.82) is 0 Å². The van der Waals surface area contributed by atoms with Crippen LogP contribution in [-0.4, -0.2) is 29.2 Å². The molecule has 1 N–H and O–H groups in total. The van der Waals surface area contributed by atoms with E-state index in [9.17, 15) is 5.11 Å². The average Bonchev–Trinajstić information content (AvgIpc) is 2.38. The molecule has 0 aromatic heterocycles. The van der Waals surface area contributed by atoms with Crippen molar-refractivity contribution in [3.63, 3.8) is 0 Å². The summed E-state index contributed by atoms with van der Waals surface area (Å²) >= 11 is 0. The van der Waals surface area contributed by atoms with Crippen LogP contribution in [0.2, 0.25) is 0 Å². The maximum absolute atomic E-state index is 9.72. The molecule has 2 saturated heterocycles. The van der Waals surface area contributed by atoms with E-state index < -0.39 is 11.9 Å². The Morgan fingerprint density at radius 3 is 2.92 bits per heavy atom. The summed E-state index contributed by atoms with van der Waals surface area (Å²) in [5.41, 5.74) is 0. The van der Waals surface area contributed by atoms with Crippen LogP contribution in [-0.2, 0) is 9.47 Å². The Labute approximate surface area is 72.7 Å². The lowest BCUT2D eigenvalue weighted by Crippen LogP contribution is -2.49. The van der Waals surface area contributed by atoms with Crippen LogP contribution in [0.4, 0.5) is 0 Å². The summed E-state index contributed by atoms with van der Waals surface area (Å²) < 4.78 is 11.2. The van der Waals surface area contributed by atoms with Crippen molar-refractivity contribution in [1.82, 2.24) is 0 Å². The Hall–Kier alpha value is -0.120. The molecule has 0 radical (unpaired) electrons. The fourth-order valence-electron chi connectivity index (χ4n) is 2.12. The van der Waals surface area contributed by atoms with Gasteiger partial charge in [0.25, 0.3) is 0 Å². The second-order valence-corrected chi connectivity index (χ2v) is 3.88. The summed E-state index contributed by atoms with van der Waals surface area (Å²) in [7, 11) is 0. The van der Waals surface area contributed by atoms with Crippen LogP contribution in [0.25, 0.3) is 0 Å². The van der Waals surface area contributed by atoms with Gasteiger partial charge in [-0.3, -0.25) is 0 Å². The lowest BCUT2D eigenvalue weighted by atomic mass is 10.0. The largest absolute Gasteiger partial charge is 0.388 e. The maximum atomic E-state index is 9.72. The zero-order chi connectivity index (χ0) is 8.77. The number of rotatable bonds is 1. The molecule has 70 valence electrons. The van der Waals surface area contributed by atoms with Crippen LogP contribution in [0.15, 0.2) is 0 Å². The van der Waals surface area contributed by atoms with Crippen molar-refractivity contribution >= 4 is 0 Å². The van der Waals surface area contributed by atoms with Gasteiger partial charge in [0, 0.05) is 6.42 Å². The van der Waals surface area contributed by atoms with E-state index in [1.165, 1.54) is 0 Å². The van der Waals surface area contributed by atoms with E-state index in [1.807, 2.05) is 13.8 Å². The first kappa shape index (κ1) is 8.48. The quantitative estimate of drug-likeness (QED) is 0.642. The molecule has 2 heterocycles. The lowest BCUT2D eigenvalue weighted by Gasteiger charge is -2.38. The van der Waals surface area contributed by atoms with Crippen LogP contribution < -0.4 is 0 Å². The van der Waals surface area contributed by atoms with Gasteiger partial charge in [-0.25, -0.2) is 0 Å². The van der Waals surface area contributed by atoms with Crippen molar-refractivity contribution < 1.29 is 14.6 Å². The molecule has 2 bridgehead atoms. The third kappa shape index (κ3) is 1.16. The third-order valence-electron chi connectivity index (χ3n) is 2.85. The zero-order valence-corrected chi connectivity index (χ0v) is 7.62. The van der Waals surface area contributed by atoms with Crippen LogP contribution in [0, 0.1) is 0 Å². The van der Waals surface area contributed by atoms with Crippen LogP contribution in [0.5, 0.6) is 0 Å². The minimum atomic E-state index is -0.425. The molecular formula is C9H16O3. The fourth-order valence-corrected chi connectivity index (χ4v) is 2.12. The van der Waals surface area contributed by atoms with Gasteiger partial charge in [-0.05, 0) is 19.8 Å². The third-order valence-corrected chi connectivity index (χ3v) is 2.85. The highest BCUT2D eigenvalue weighted by Gasteiger charge is 2.49. The van der Waals surface area contributed by atoms with Crippen molar-refractivity contribution in [2.45, 2.75) is 57.2 Å². The van der Waals surface area contributed by atoms with E-state index in [1.54, 1.807) is 0 Å². The Kier molecular flexibility index (Phi) is 1.90. The standard InChI is InChI=1S/C9H16O3/c1-3-6-8(10)7-4-5-9(2,11-6)12-7/h6-8,10H,3-5H2,1-2H3/t6-,7+,8-,9+/m0/s1. The highest BCUT2D eigenvalue weighted by atomic mass is 16.7. The predicted octanol–water partition coefficient (Wildman–Crippen LogP) is 1.05. The molecule has 4 atom stereocenters. The SMILES string of the molecule is CC[C@@H]1O[C@@]2(C)CC[C@@H](O2)[C@H]1O. The van der Waals surface area contributed by atoms with E-state index in [0.29, 0.717) is 0 Å². The molecule has 3 nitrogen and oxygen atoms in total. The van der Waals surface area contributed by atoms with Gasteiger partial charge < -0.3 is 14.6 Å². The van der Waals surface area contributed by atoms with Crippen molar-refractivity contribution in [3.05, 3.63) is 0 Å². The lowest BCUT2D eigenvalue weighted by molar-refractivity contribution is -0.308. The molecule has 0 saturated carbocycles. The Balaban J connectivity index is 2.14. The maximum Gasteiger partial charge on any atom is 0.166 e. The summed E-state index contributed by atoms with van der Waals surface area (Å²) in [6.45, 7) is 3.99. The second kappa shape index (κ2) is 2.69. The highest BCUT2D eigenvalue weighted by Crippen LogP contribution is 2.40. The van der Waals surface area contributed by atoms with E-state index in [0.717, 1.165) is 19.3 Å². The van der Waals surface area contributed by atoms with Gasteiger partial charge in [-0.15, -0.1) is 0 Å². The summed E-state index contributed by atoms with van der Waals surface area (Å²) in [6, 6.07) is 0. The Morgan fingerprint density at radius 1 is 1.50 bits per heavy atom. The Morgan fingerprint density at radius 2 is 2.25 bits per heavy atom. The number of fused-ring (bicyclic) bond motifs is 2. The molecule has 2 rings (SSSR count). The van der Waals surface area contributed by atoms with Crippen molar-refractivity contribution in [2.75, 3.05) is 0 Å². The zero-order valence-electron chi connectivity index (χ0n) is 7.62. The molecule has 0 aromatic carbocycles. The van der Waals surface area contributed by atoms with Gasteiger partial charge in [-0.1, -0.05) is 6.92 Å². The molecule has 0 amide bonds. The predicted molar refractivity (Wildman–Crippen MR) is 43.7 cm³/mol. The van der Waals surface area contributed by atoms with Gasteiger partial charge in [-0.2, -0.15) is 0 Å². The molecule has 0 aliphatic carbocycles. The van der Waals surface area contributed by atoms with E-state index in [4.69, 9.17) is 9.47 Å². The molecule has 0 spiro atoms. The van der Waals surface area contributed by atoms with Gasteiger partial charge in [0.2, 0.25) is 0 Å². The number of aliphatic hydroxyl groups excluding tert-OH is 1. The van der Waals surface area contributed by atoms with Crippen molar-refractivity contribution in [3.8, 4) is 0 Å². The first-order valence-electron chi connectivity index (χ1n) is 4.68. The van der Waals surface area contributed by atoms with Crippen LogP contribution in [0.1, 0.15) is 33.1 Å².